The minimum absolute atomic E-state index is 0.0790. The number of thiophene rings is 1. The molecule has 0 aliphatic carbocycles. The molecular weight excluding hydrogens is 366 g/mol. The van der Waals surface area contributed by atoms with Crippen LogP contribution < -0.4 is 5.32 Å². The first kappa shape index (κ1) is 16.7. The summed E-state index contributed by atoms with van der Waals surface area (Å²) in [4.78, 5) is 24.1. The zero-order valence-electron chi connectivity index (χ0n) is 12.0. The third-order valence-corrected chi connectivity index (χ3v) is 5.02. The maximum absolute atomic E-state index is 12.0. The smallest absolute Gasteiger partial charge is 0.310 e. The van der Waals surface area contributed by atoms with Crippen molar-refractivity contribution >= 4 is 44.8 Å². The predicted octanol–water partition coefficient (Wildman–Crippen LogP) is 4.27. The molecule has 0 aliphatic heterocycles. The number of nitrogens with one attached hydrogen (secondary N) is 1. The fourth-order valence-corrected chi connectivity index (χ4v) is 3.43. The van der Waals surface area contributed by atoms with Crippen molar-refractivity contribution in [2.75, 3.05) is 5.32 Å². The summed E-state index contributed by atoms with van der Waals surface area (Å²) in [5, 5.41) is 13.8. The van der Waals surface area contributed by atoms with E-state index >= 15 is 0 Å². The molecule has 6 heteroatoms. The number of rotatable bonds is 6. The Kier molecular flexibility index (Phi) is 5.74. The van der Waals surface area contributed by atoms with Gasteiger partial charge >= 0.3 is 5.97 Å². The van der Waals surface area contributed by atoms with Crippen molar-refractivity contribution in [3.63, 3.8) is 0 Å². The highest BCUT2D eigenvalue weighted by Crippen LogP contribution is 2.22. The lowest BCUT2D eigenvalue weighted by Gasteiger charge is -2.10. The topological polar surface area (TPSA) is 66.4 Å². The molecule has 1 atom stereocenters. The molecule has 1 unspecified atom stereocenters. The fourth-order valence-electron chi connectivity index (χ4n) is 1.97. The molecule has 0 bridgehead atoms. The average Bonchev–Trinajstić information content (AvgIpc) is 2.90. The Morgan fingerprint density at radius 2 is 2.14 bits per heavy atom. The Hall–Kier alpha value is -1.66. The van der Waals surface area contributed by atoms with Gasteiger partial charge in [-0.1, -0.05) is 12.1 Å². The Balaban J connectivity index is 1.93. The van der Waals surface area contributed by atoms with Crippen molar-refractivity contribution < 1.29 is 14.7 Å². The molecule has 1 heterocycles. The molecular formula is C16H16BrNO3S. The van der Waals surface area contributed by atoms with Gasteiger partial charge in [-0.2, -0.15) is 0 Å². The van der Waals surface area contributed by atoms with Gasteiger partial charge in [0, 0.05) is 26.8 Å². The number of aryl methyl sites for hydroxylation is 1. The molecule has 0 saturated heterocycles. The predicted molar refractivity (Wildman–Crippen MR) is 91.5 cm³/mol. The number of hydrogen-bond acceptors (Lipinski definition) is 3. The summed E-state index contributed by atoms with van der Waals surface area (Å²) in [6.07, 6.45) is 1.08. The van der Waals surface area contributed by atoms with Gasteiger partial charge in [0.15, 0.2) is 0 Å². The van der Waals surface area contributed by atoms with E-state index in [4.69, 9.17) is 5.11 Å². The summed E-state index contributed by atoms with van der Waals surface area (Å²) in [5.41, 5.74) is 1.30. The van der Waals surface area contributed by atoms with Crippen molar-refractivity contribution in [3.05, 3.63) is 50.6 Å². The minimum Gasteiger partial charge on any atom is -0.481 e. The molecule has 0 aliphatic rings. The van der Waals surface area contributed by atoms with Crippen molar-refractivity contribution in [2.24, 2.45) is 0 Å². The molecule has 116 valence electrons. The van der Waals surface area contributed by atoms with E-state index in [0.717, 1.165) is 9.35 Å². The second-order valence-electron chi connectivity index (χ2n) is 4.96. The zero-order valence-corrected chi connectivity index (χ0v) is 14.4. The normalized spacial score (nSPS) is 11.9. The minimum atomic E-state index is -0.883. The molecule has 2 N–H and O–H groups in total. The first-order valence-electron chi connectivity index (χ1n) is 6.81. The van der Waals surface area contributed by atoms with E-state index in [1.54, 1.807) is 42.5 Å². The van der Waals surface area contributed by atoms with Crippen LogP contribution in [0, 0.1) is 0 Å². The first-order chi connectivity index (χ1) is 10.5. The van der Waals surface area contributed by atoms with Crippen LogP contribution in [0.15, 0.2) is 40.2 Å². The number of amides is 1. The van der Waals surface area contributed by atoms with Crippen LogP contribution in [-0.4, -0.2) is 17.0 Å². The van der Waals surface area contributed by atoms with Gasteiger partial charge in [-0.05, 0) is 53.0 Å². The van der Waals surface area contributed by atoms with Gasteiger partial charge < -0.3 is 10.4 Å². The molecule has 1 aromatic carbocycles. The number of carbonyl (C=O) groups excluding carboxylic acids is 1. The summed E-state index contributed by atoms with van der Waals surface area (Å²) in [6, 6.07) is 8.97. The number of carboxylic acid groups (broad SMARTS) is 1. The number of carbonyl (C=O) groups is 2. The van der Waals surface area contributed by atoms with Crippen LogP contribution in [0.4, 0.5) is 5.69 Å². The number of halogens is 1. The monoisotopic (exact) mass is 381 g/mol. The molecule has 22 heavy (non-hydrogen) atoms. The standard InChI is InChI=1S/C16H16BrNO3S/c1-10(16(20)21)11-3-2-4-13(7-11)18-15(19)6-5-14-8-12(17)9-22-14/h2-4,7-10H,5-6H2,1H3,(H,18,19)(H,20,21). The third kappa shape index (κ3) is 4.68. The SMILES string of the molecule is CC(C(=O)O)c1cccc(NC(=O)CCc2cc(Br)cs2)c1. The Morgan fingerprint density at radius 3 is 2.77 bits per heavy atom. The van der Waals surface area contributed by atoms with E-state index in [1.807, 2.05) is 11.4 Å². The lowest BCUT2D eigenvalue weighted by Crippen LogP contribution is -2.13. The van der Waals surface area contributed by atoms with Crippen LogP contribution in [0.5, 0.6) is 0 Å². The highest BCUT2D eigenvalue weighted by atomic mass is 79.9. The van der Waals surface area contributed by atoms with E-state index in [2.05, 4.69) is 21.2 Å². The molecule has 0 radical (unpaired) electrons. The van der Waals surface area contributed by atoms with E-state index in [-0.39, 0.29) is 5.91 Å². The van der Waals surface area contributed by atoms with Crippen LogP contribution >= 0.6 is 27.3 Å². The van der Waals surface area contributed by atoms with Crippen molar-refractivity contribution in [1.29, 1.82) is 0 Å². The molecule has 0 saturated carbocycles. The Labute approximate surface area is 141 Å². The highest BCUT2D eigenvalue weighted by molar-refractivity contribution is 9.10. The van der Waals surface area contributed by atoms with Crippen LogP contribution in [0.2, 0.25) is 0 Å². The molecule has 2 rings (SSSR count). The number of carboxylic acids is 1. The van der Waals surface area contributed by atoms with Gasteiger partial charge in [-0.3, -0.25) is 9.59 Å². The maximum atomic E-state index is 12.0. The fraction of sp³-hybridized carbons (Fsp3) is 0.250. The Bertz CT molecular complexity index is 684. The molecule has 4 nitrogen and oxygen atoms in total. The van der Waals surface area contributed by atoms with E-state index in [0.29, 0.717) is 24.1 Å². The van der Waals surface area contributed by atoms with Gasteiger partial charge in [0.05, 0.1) is 5.92 Å². The van der Waals surface area contributed by atoms with Crippen LogP contribution in [0.1, 0.15) is 29.7 Å². The summed E-state index contributed by atoms with van der Waals surface area (Å²) in [7, 11) is 0. The lowest BCUT2D eigenvalue weighted by atomic mass is 10.0. The second kappa shape index (κ2) is 7.56. The number of benzene rings is 1. The average molecular weight is 382 g/mol. The molecule has 1 aromatic heterocycles. The van der Waals surface area contributed by atoms with E-state index in [9.17, 15) is 9.59 Å². The van der Waals surface area contributed by atoms with E-state index < -0.39 is 11.9 Å². The molecule has 0 fully saturated rings. The van der Waals surface area contributed by atoms with E-state index in [1.165, 1.54) is 0 Å². The third-order valence-electron chi connectivity index (χ3n) is 3.26. The first-order valence-corrected chi connectivity index (χ1v) is 8.48. The molecule has 1 amide bonds. The van der Waals surface area contributed by atoms with Crippen LogP contribution in [0.25, 0.3) is 0 Å². The quantitative estimate of drug-likeness (QED) is 0.784. The maximum Gasteiger partial charge on any atom is 0.310 e. The van der Waals surface area contributed by atoms with Gasteiger partial charge in [-0.15, -0.1) is 11.3 Å². The van der Waals surface area contributed by atoms with Gasteiger partial charge in [0.1, 0.15) is 0 Å². The Morgan fingerprint density at radius 1 is 1.36 bits per heavy atom. The summed E-state index contributed by atoms with van der Waals surface area (Å²) in [6.45, 7) is 1.62. The molecule has 2 aromatic rings. The largest absolute Gasteiger partial charge is 0.481 e. The zero-order chi connectivity index (χ0) is 16.1. The van der Waals surface area contributed by atoms with Crippen molar-refractivity contribution in [2.45, 2.75) is 25.7 Å². The summed E-state index contributed by atoms with van der Waals surface area (Å²) < 4.78 is 1.03. The highest BCUT2D eigenvalue weighted by Gasteiger charge is 2.14. The van der Waals surface area contributed by atoms with Crippen molar-refractivity contribution in [3.8, 4) is 0 Å². The van der Waals surface area contributed by atoms with Crippen LogP contribution in [-0.2, 0) is 16.0 Å². The second-order valence-corrected chi connectivity index (χ2v) is 6.88. The van der Waals surface area contributed by atoms with Gasteiger partial charge in [0.2, 0.25) is 5.91 Å². The summed E-state index contributed by atoms with van der Waals surface area (Å²) >= 11 is 5.00. The lowest BCUT2D eigenvalue weighted by molar-refractivity contribution is -0.138. The van der Waals surface area contributed by atoms with Crippen molar-refractivity contribution in [1.82, 2.24) is 0 Å². The van der Waals surface area contributed by atoms with Gasteiger partial charge in [0.25, 0.3) is 0 Å². The number of anilines is 1. The van der Waals surface area contributed by atoms with Gasteiger partial charge in [-0.25, -0.2) is 0 Å². The van der Waals surface area contributed by atoms with Crippen LogP contribution in [0.3, 0.4) is 0 Å². The number of aliphatic carboxylic acids is 1. The number of hydrogen-bond donors (Lipinski definition) is 2. The summed E-state index contributed by atoms with van der Waals surface area (Å²) in [5.74, 6) is -1.56. The molecule has 0 spiro atoms.